The maximum absolute atomic E-state index is 12.6. The molecular formula is C22H33N3O3. The molecular weight excluding hydrogens is 354 g/mol. The Kier molecular flexibility index (Phi) is 7.08. The molecule has 0 spiro atoms. The number of amides is 2. The lowest BCUT2D eigenvalue weighted by Gasteiger charge is -2.34. The first-order valence-corrected chi connectivity index (χ1v) is 10.5. The van der Waals surface area contributed by atoms with Crippen molar-refractivity contribution in [2.75, 3.05) is 44.2 Å². The van der Waals surface area contributed by atoms with Crippen molar-refractivity contribution < 1.29 is 14.3 Å². The zero-order valence-corrected chi connectivity index (χ0v) is 17.3. The molecule has 154 valence electrons. The van der Waals surface area contributed by atoms with Crippen LogP contribution in [0.4, 0.5) is 5.69 Å². The Morgan fingerprint density at radius 3 is 2.89 bits per heavy atom. The first kappa shape index (κ1) is 20.8. The fourth-order valence-electron chi connectivity index (χ4n) is 4.02. The van der Waals surface area contributed by atoms with Gasteiger partial charge in [-0.3, -0.25) is 14.5 Å². The largest absolute Gasteiger partial charge is 0.374 e. The van der Waals surface area contributed by atoms with Crippen LogP contribution in [0.1, 0.15) is 32.8 Å². The van der Waals surface area contributed by atoms with Crippen molar-refractivity contribution in [1.29, 1.82) is 0 Å². The van der Waals surface area contributed by atoms with Crippen molar-refractivity contribution in [2.45, 2.75) is 39.7 Å². The average Bonchev–Trinajstić information content (AvgIpc) is 3.08. The minimum absolute atomic E-state index is 0.0189. The van der Waals surface area contributed by atoms with Crippen molar-refractivity contribution in [1.82, 2.24) is 10.2 Å². The third-order valence-corrected chi connectivity index (χ3v) is 5.48. The van der Waals surface area contributed by atoms with Gasteiger partial charge in [0.2, 0.25) is 11.8 Å². The van der Waals surface area contributed by atoms with Crippen LogP contribution in [0, 0.1) is 11.8 Å². The number of nitrogens with one attached hydrogen (secondary N) is 1. The second kappa shape index (κ2) is 9.52. The molecule has 28 heavy (non-hydrogen) atoms. The van der Waals surface area contributed by atoms with Gasteiger partial charge in [0.25, 0.3) is 0 Å². The van der Waals surface area contributed by atoms with Crippen LogP contribution in [0.2, 0.25) is 0 Å². The quantitative estimate of drug-likeness (QED) is 0.778. The van der Waals surface area contributed by atoms with E-state index < -0.39 is 0 Å². The average molecular weight is 388 g/mol. The third-order valence-electron chi connectivity index (χ3n) is 5.48. The van der Waals surface area contributed by atoms with E-state index in [1.807, 2.05) is 18.2 Å². The molecule has 0 bridgehead atoms. The Labute approximate surface area is 168 Å². The molecule has 0 aliphatic carbocycles. The minimum atomic E-state index is -0.298. The monoisotopic (exact) mass is 387 g/mol. The molecule has 2 fully saturated rings. The van der Waals surface area contributed by atoms with Crippen molar-refractivity contribution in [3.63, 3.8) is 0 Å². The smallest absolute Gasteiger partial charge is 0.227 e. The highest BCUT2D eigenvalue weighted by Gasteiger charge is 2.35. The van der Waals surface area contributed by atoms with E-state index in [0.717, 1.165) is 31.7 Å². The van der Waals surface area contributed by atoms with Crippen molar-refractivity contribution in [3.8, 4) is 0 Å². The second-order valence-corrected chi connectivity index (χ2v) is 8.32. The molecule has 2 unspecified atom stereocenters. The molecule has 2 aliphatic rings. The summed E-state index contributed by atoms with van der Waals surface area (Å²) in [5.41, 5.74) is 2.08. The Hall–Kier alpha value is -1.92. The van der Waals surface area contributed by atoms with E-state index in [9.17, 15) is 9.59 Å². The van der Waals surface area contributed by atoms with E-state index in [1.54, 1.807) is 4.90 Å². The summed E-state index contributed by atoms with van der Waals surface area (Å²) in [7, 11) is 0. The first-order valence-electron chi connectivity index (χ1n) is 10.5. The van der Waals surface area contributed by atoms with E-state index in [2.05, 4.69) is 37.1 Å². The van der Waals surface area contributed by atoms with Crippen LogP contribution >= 0.6 is 0 Å². The van der Waals surface area contributed by atoms with E-state index in [4.69, 9.17) is 4.74 Å². The number of hydrogen-bond donors (Lipinski definition) is 1. The van der Waals surface area contributed by atoms with Gasteiger partial charge in [0.1, 0.15) is 0 Å². The highest BCUT2D eigenvalue weighted by atomic mass is 16.5. The maximum atomic E-state index is 12.6. The number of carbonyl (C=O) groups excluding carboxylic acids is 2. The van der Waals surface area contributed by atoms with Gasteiger partial charge in [-0.25, -0.2) is 0 Å². The summed E-state index contributed by atoms with van der Waals surface area (Å²) in [6, 6.07) is 8.01. The number of benzene rings is 1. The fraction of sp³-hybridized carbons (Fsp3) is 0.636. The fourth-order valence-corrected chi connectivity index (χ4v) is 4.02. The molecule has 2 atom stereocenters. The number of hydrogen-bond acceptors (Lipinski definition) is 4. The lowest BCUT2D eigenvalue weighted by atomic mass is 10.1. The summed E-state index contributed by atoms with van der Waals surface area (Å²) in [6.07, 6.45) is 1.22. The summed E-state index contributed by atoms with van der Waals surface area (Å²) in [5, 5.41) is 3.01. The molecule has 6 heteroatoms. The summed E-state index contributed by atoms with van der Waals surface area (Å²) in [4.78, 5) is 29.2. The molecule has 1 aromatic carbocycles. The van der Waals surface area contributed by atoms with Crippen LogP contribution in [-0.4, -0.2) is 62.1 Å². The Balaban J connectivity index is 1.50. The zero-order chi connectivity index (χ0) is 20.1. The SMILES string of the molecule is CCc1cccc(N2CC(C(=O)NCC3CN(CC(C)C)CCO3)CC2=O)c1. The molecule has 3 rings (SSSR count). The zero-order valence-electron chi connectivity index (χ0n) is 17.3. The van der Waals surface area contributed by atoms with Gasteiger partial charge in [-0.2, -0.15) is 0 Å². The summed E-state index contributed by atoms with van der Waals surface area (Å²) in [6.45, 7) is 11.0. The third kappa shape index (κ3) is 5.32. The van der Waals surface area contributed by atoms with Gasteiger partial charge in [0, 0.05) is 44.8 Å². The predicted molar refractivity (Wildman–Crippen MR) is 110 cm³/mol. The molecule has 2 amide bonds. The van der Waals surface area contributed by atoms with E-state index in [-0.39, 0.29) is 30.3 Å². The molecule has 2 saturated heterocycles. The Morgan fingerprint density at radius 2 is 2.14 bits per heavy atom. The van der Waals surface area contributed by atoms with Gasteiger partial charge in [-0.15, -0.1) is 0 Å². The standard InChI is InChI=1S/C22H33N3O3/c1-4-17-6-5-7-19(10-17)25-14-18(11-21(25)26)22(27)23-12-20-15-24(8-9-28-20)13-16(2)3/h5-7,10,16,18,20H,4,8-9,11-15H2,1-3H3,(H,23,27). The van der Waals surface area contributed by atoms with Gasteiger partial charge in [0.05, 0.1) is 18.6 Å². The highest BCUT2D eigenvalue weighted by molar-refractivity contribution is 6.00. The molecule has 2 aliphatic heterocycles. The van der Waals surface area contributed by atoms with Crippen molar-refractivity contribution in [3.05, 3.63) is 29.8 Å². The number of morpholine rings is 1. The molecule has 1 N–H and O–H groups in total. The topological polar surface area (TPSA) is 61.9 Å². The molecule has 2 heterocycles. The number of anilines is 1. The highest BCUT2D eigenvalue weighted by Crippen LogP contribution is 2.26. The normalized spacial score (nSPS) is 23.4. The first-order chi connectivity index (χ1) is 13.5. The van der Waals surface area contributed by atoms with Crippen LogP contribution < -0.4 is 10.2 Å². The van der Waals surface area contributed by atoms with Crippen molar-refractivity contribution in [2.24, 2.45) is 11.8 Å². The van der Waals surface area contributed by atoms with Crippen LogP contribution in [0.3, 0.4) is 0 Å². The number of nitrogens with zero attached hydrogens (tertiary/aromatic N) is 2. The number of ether oxygens (including phenoxy) is 1. The van der Waals surface area contributed by atoms with E-state index in [1.165, 1.54) is 5.56 Å². The summed E-state index contributed by atoms with van der Waals surface area (Å²) < 4.78 is 5.81. The van der Waals surface area contributed by atoms with Gasteiger partial charge in [-0.05, 0) is 30.0 Å². The lowest BCUT2D eigenvalue weighted by Crippen LogP contribution is -2.49. The van der Waals surface area contributed by atoms with Gasteiger partial charge in [0.15, 0.2) is 0 Å². The second-order valence-electron chi connectivity index (χ2n) is 8.32. The van der Waals surface area contributed by atoms with E-state index >= 15 is 0 Å². The number of aryl methyl sites for hydroxylation is 1. The predicted octanol–water partition coefficient (Wildman–Crippen LogP) is 2.07. The van der Waals surface area contributed by atoms with Crippen LogP contribution in [0.15, 0.2) is 24.3 Å². The molecule has 0 radical (unpaired) electrons. The summed E-state index contributed by atoms with van der Waals surface area (Å²) >= 11 is 0. The molecule has 1 aromatic rings. The van der Waals surface area contributed by atoms with Gasteiger partial charge in [-0.1, -0.05) is 32.9 Å². The van der Waals surface area contributed by atoms with Crippen molar-refractivity contribution >= 4 is 17.5 Å². The van der Waals surface area contributed by atoms with Crippen LogP contribution in [0.25, 0.3) is 0 Å². The van der Waals surface area contributed by atoms with Gasteiger partial charge < -0.3 is 15.0 Å². The Bertz CT molecular complexity index is 691. The van der Waals surface area contributed by atoms with Gasteiger partial charge >= 0.3 is 0 Å². The van der Waals surface area contributed by atoms with E-state index in [0.29, 0.717) is 25.6 Å². The number of carbonyl (C=O) groups is 2. The minimum Gasteiger partial charge on any atom is -0.374 e. The molecule has 0 saturated carbocycles. The summed E-state index contributed by atoms with van der Waals surface area (Å²) in [5.74, 6) is 0.292. The maximum Gasteiger partial charge on any atom is 0.227 e. The lowest BCUT2D eigenvalue weighted by molar-refractivity contribution is -0.127. The molecule has 0 aromatic heterocycles. The Morgan fingerprint density at radius 1 is 1.32 bits per heavy atom. The number of rotatable bonds is 7. The van der Waals surface area contributed by atoms with Crippen LogP contribution in [-0.2, 0) is 20.7 Å². The van der Waals surface area contributed by atoms with Crippen LogP contribution in [0.5, 0.6) is 0 Å². The molecule has 6 nitrogen and oxygen atoms in total.